The van der Waals surface area contributed by atoms with Crippen molar-refractivity contribution in [1.82, 2.24) is 9.97 Å². The molecule has 1 aromatic carbocycles. The lowest BCUT2D eigenvalue weighted by atomic mass is 10.1. The molecule has 0 atom stereocenters. The topological polar surface area (TPSA) is 51.8 Å². The van der Waals surface area contributed by atoms with Crippen molar-refractivity contribution in [3.63, 3.8) is 0 Å². The second-order valence-corrected chi connectivity index (χ2v) is 5.71. The average molecular weight is 291 g/mol. The number of thioether (sulfide) groups is 1. The summed E-state index contributed by atoms with van der Waals surface area (Å²) >= 11 is 1.51. The van der Waals surface area contributed by atoms with Crippen LogP contribution in [0.1, 0.15) is 28.1 Å². The van der Waals surface area contributed by atoms with Gasteiger partial charge in [-0.1, -0.05) is 17.8 Å². The van der Waals surface area contributed by atoms with Gasteiger partial charge in [0, 0.05) is 23.7 Å². The summed E-state index contributed by atoms with van der Waals surface area (Å²) in [4.78, 5) is 8.89. The van der Waals surface area contributed by atoms with Crippen LogP contribution < -0.4 is 5.73 Å². The van der Waals surface area contributed by atoms with Crippen LogP contribution in [0.15, 0.2) is 23.4 Å². The summed E-state index contributed by atoms with van der Waals surface area (Å²) in [5.74, 6) is 0.382. The van der Waals surface area contributed by atoms with Gasteiger partial charge in [-0.3, -0.25) is 0 Å². The first-order valence-corrected chi connectivity index (χ1v) is 7.41. The third-order valence-corrected chi connectivity index (χ3v) is 4.15. The van der Waals surface area contributed by atoms with Crippen LogP contribution in [0.5, 0.6) is 0 Å². The van der Waals surface area contributed by atoms with Crippen LogP contribution in [0, 0.1) is 26.6 Å². The van der Waals surface area contributed by atoms with Gasteiger partial charge < -0.3 is 5.73 Å². The van der Waals surface area contributed by atoms with Gasteiger partial charge in [0.15, 0.2) is 5.16 Å². The lowest BCUT2D eigenvalue weighted by Crippen LogP contribution is -2.00. The minimum absolute atomic E-state index is 0.249. The molecule has 0 radical (unpaired) electrons. The maximum atomic E-state index is 13.4. The Morgan fingerprint density at radius 2 is 1.65 bits per heavy atom. The SMILES string of the molecule is Cc1nc(SCc2cc(F)cc(CN)c2)nc(C)c1C. The zero-order valence-corrected chi connectivity index (χ0v) is 12.7. The van der Waals surface area contributed by atoms with Crippen LogP contribution in [-0.4, -0.2) is 9.97 Å². The average Bonchev–Trinajstić information content (AvgIpc) is 2.41. The molecule has 0 aliphatic carbocycles. The first kappa shape index (κ1) is 14.9. The molecule has 3 nitrogen and oxygen atoms in total. The molecular formula is C15H18FN3S. The molecule has 0 spiro atoms. The van der Waals surface area contributed by atoms with Crippen molar-refractivity contribution in [1.29, 1.82) is 0 Å². The lowest BCUT2D eigenvalue weighted by molar-refractivity contribution is 0.624. The quantitative estimate of drug-likeness (QED) is 0.693. The van der Waals surface area contributed by atoms with Crippen molar-refractivity contribution in [3.05, 3.63) is 52.1 Å². The fourth-order valence-electron chi connectivity index (χ4n) is 1.87. The van der Waals surface area contributed by atoms with Crippen LogP contribution >= 0.6 is 11.8 Å². The number of halogens is 1. The van der Waals surface area contributed by atoms with Crippen molar-refractivity contribution in [2.45, 2.75) is 38.2 Å². The van der Waals surface area contributed by atoms with Gasteiger partial charge in [0.2, 0.25) is 0 Å². The molecule has 5 heteroatoms. The Bertz CT molecular complexity index is 606. The van der Waals surface area contributed by atoms with E-state index in [1.54, 1.807) is 0 Å². The van der Waals surface area contributed by atoms with E-state index in [1.165, 1.54) is 23.9 Å². The van der Waals surface area contributed by atoms with Crippen molar-refractivity contribution in [2.24, 2.45) is 5.73 Å². The molecule has 0 bridgehead atoms. The molecule has 0 fully saturated rings. The molecular weight excluding hydrogens is 273 g/mol. The van der Waals surface area contributed by atoms with E-state index in [4.69, 9.17) is 5.73 Å². The summed E-state index contributed by atoms with van der Waals surface area (Å²) in [5, 5.41) is 0.726. The van der Waals surface area contributed by atoms with E-state index in [2.05, 4.69) is 9.97 Å². The van der Waals surface area contributed by atoms with Crippen LogP contribution in [-0.2, 0) is 12.3 Å². The molecule has 2 N–H and O–H groups in total. The summed E-state index contributed by atoms with van der Waals surface area (Å²) in [6.45, 7) is 6.31. The maximum absolute atomic E-state index is 13.4. The third-order valence-electron chi connectivity index (χ3n) is 3.23. The molecule has 0 aliphatic heterocycles. The number of rotatable bonds is 4. The second-order valence-electron chi connectivity index (χ2n) is 4.76. The monoisotopic (exact) mass is 291 g/mol. The lowest BCUT2D eigenvalue weighted by Gasteiger charge is -2.07. The number of hydrogen-bond acceptors (Lipinski definition) is 4. The highest BCUT2D eigenvalue weighted by Crippen LogP contribution is 2.22. The number of aromatic nitrogens is 2. The van der Waals surface area contributed by atoms with Gasteiger partial charge in [-0.05, 0) is 49.6 Å². The fraction of sp³-hybridized carbons (Fsp3) is 0.333. The van der Waals surface area contributed by atoms with Gasteiger partial charge in [0.05, 0.1) is 0 Å². The minimum atomic E-state index is -0.249. The molecule has 0 aliphatic rings. The van der Waals surface area contributed by atoms with E-state index in [0.717, 1.165) is 33.2 Å². The van der Waals surface area contributed by atoms with Crippen molar-refractivity contribution < 1.29 is 4.39 Å². The molecule has 0 saturated carbocycles. The Morgan fingerprint density at radius 1 is 1.05 bits per heavy atom. The summed E-state index contributed by atoms with van der Waals surface area (Å²) < 4.78 is 13.4. The van der Waals surface area contributed by atoms with E-state index in [1.807, 2.05) is 26.8 Å². The van der Waals surface area contributed by atoms with Gasteiger partial charge in [-0.25, -0.2) is 14.4 Å². The third kappa shape index (κ3) is 3.55. The molecule has 2 aromatic rings. The molecule has 0 unspecified atom stereocenters. The van der Waals surface area contributed by atoms with E-state index >= 15 is 0 Å². The number of benzene rings is 1. The summed E-state index contributed by atoms with van der Waals surface area (Å²) in [6.07, 6.45) is 0. The molecule has 1 heterocycles. The number of nitrogens with zero attached hydrogens (tertiary/aromatic N) is 2. The van der Waals surface area contributed by atoms with Crippen LogP contribution in [0.2, 0.25) is 0 Å². The molecule has 1 aromatic heterocycles. The first-order chi connectivity index (χ1) is 9.49. The summed E-state index contributed by atoms with van der Waals surface area (Å²) in [6, 6.07) is 4.91. The minimum Gasteiger partial charge on any atom is -0.326 e. The van der Waals surface area contributed by atoms with Gasteiger partial charge in [0.1, 0.15) is 5.82 Å². The Kier molecular flexibility index (Phi) is 4.73. The highest BCUT2D eigenvalue weighted by Gasteiger charge is 2.06. The molecule has 106 valence electrons. The summed E-state index contributed by atoms with van der Waals surface area (Å²) in [7, 11) is 0. The fourth-order valence-corrected chi connectivity index (χ4v) is 2.74. The van der Waals surface area contributed by atoms with E-state index in [-0.39, 0.29) is 5.82 Å². The molecule has 2 rings (SSSR count). The normalized spacial score (nSPS) is 10.8. The number of hydrogen-bond donors (Lipinski definition) is 1. The highest BCUT2D eigenvalue weighted by atomic mass is 32.2. The van der Waals surface area contributed by atoms with Crippen molar-refractivity contribution >= 4 is 11.8 Å². The smallest absolute Gasteiger partial charge is 0.188 e. The Balaban J connectivity index is 2.14. The second kappa shape index (κ2) is 6.33. The summed E-state index contributed by atoms with van der Waals surface area (Å²) in [5.41, 5.74) is 10.3. The van der Waals surface area contributed by atoms with Gasteiger partial charge in [-0.2, -0.15) is 0 Å². The first-order valence-electron chi connectivity index (χ1n) is 6.42. The van der Waals surface area contributed by atoms with Gasteiger partial charge in [0.25, 0.3) is 0 Å². The molecule has 0 amide bonds. The largest absolute Gasteiger partial charge is 0.326 e. The Hall–Kier alpha value is -1.46. The van der Waals surface area contributed by atoms with Crippen LogP contribution in [0.3, 0.4) is 0 Å². The van der Waals surface area contributed by atoms with E-state index < -0.39 is 0 Å². The van der Waals surface area contributed by atoms with E-state index in [9.17, 15) is 4.39 Å². The number of nitrogens with two attached hydrogens (primary N) is 1. The standard InChI is InChI=1S/C15H18FN3S/c1-9-10(2)18-15(19-11(9)3)20-8-13-4-12(7-17)5-14(16)6-13/h4-6H,7-8,17H2,1-3H3. The predicted molar refractivity (Wildman–Crippen MR) is 80.1 cm³/mol. The molecule has 20 heavy (non-hydrogen) atoms. The van der Waals surface area contributed by atoms with E-state index in [0.29, 0.717) is 12.3 Å². The maximum Gasteiger partial charge on any atom is 0.188 e. The predicted octanol–water partition coefficient (Wildman–Crippen LogP) is 3.29. The molecule has 0 saturated heterocycles. The highest BCUT2D eigenvalue weighted by molar-refractivity contribution is 7.98. The Morgan fingerprint density at radius 3 is 2.25 bits per heavy atom. The van der Waals surface area contributed by atoms with Crippen LogP contribution in [0.4, 0.5) is 4.39 Å². The number of aryl methyl sites for hydroxylation is 2. The van der Waals surface area contributed by atoms with Gasteiger partial charge in [-0.15, -0.1) is 0 Å². The Labute approximate surface area is 122 Å². The zero-order valence-electron chi connectivity index (χ0n) is 11.9. The van der Waals surface area contributed by atoms with Crippen molar-refractivity contribution in [2.75, 3.05) is 0 Å². The van der Waals surface area contributed by atoms with Gasteiger partial charge >= 0.3 is 0 Å². The van der Waals surface area contributed by atoms with Crippen LogP contribution in [0.25, 0.3) is 0 Å². The zero-order chi connectivity index (χ0) is 14.7. The van der Waals surface area contributed by atoms with Crippen molar-refractivity contribution in [3.8, 4) is 0 Å².